The summed E-state index contributed by atoms with van der Waals surface area (Å²) >= 11 is 0. The zero-order chi connectivity index (χ0) is 91.5. The molecule has 2 saturated heterocycles. The van der Waals surface area contributed by atoms with Crippen LogP contribution in [0.1, 0.15) is 373 Å². The summed E-state index contributed by atoms with van der Waals surface area (Å²) in [4.78, 5) is 8.89. The molecule has 0 spiro atoms. The monoisotopic (exact) mass is 1690 g/mol. The van der Waals surface area contributed by atoms with Crippen molar-refractivity contribution in [2.45, 2.75) is 454 Å². The average Bonchev–Trinajstić information content (AvgIpc) is 0.918. The minimum absolute atomic E-state index is 0.537. The summed E-state index contributed by atoms with van der Waals surface area (Å²) < 4.78 is 0. The summed E-state index contributed by atoms with van der Waals surface area (Å²) in [5.41, 5.74) is 3.93. The fraction of sp³-hybridized carbons (Fsp3) is 0.838. The maximum absolute atomic E-state index is 4.02. The number of rotatable bonds is 35. The largest absolute Gasteiger partial charge is 0.315 e. The van der Waals surface area contributed by atoms with E-state index in [9.17, 15) is 0 Å². The van der Waals surface area contributed by atoms with Gasteiger partial charge in [-0.2, -0.15) is 0 Å². The second-order valence-electron chi connectivity index (χ2n) is 38.5. The van der Waals surface area contributed by atoms with Crippen molar-refractivity contribution in [2.24, 2.45) is 29.6 Å². The molecule has 5 aliphatic rings. The van der Waals surface area contributed by atoms with Gasteiger partial charge in [-0.15, -0.1) is 0 Å². The van der Waals surface area contributed by atoms with E-state index in [4.69, 9.17) is 0 Å². The van der Waals surface area contributed by atoms with Gasteiger partial charge in [0.25, 0.3) is 0 Å². The van der Waals surface area contributed by atoms with Crippen LogP contribution in [-0.2, 0) is 19.6 Å². The van der Waals surface area contributed by atoms with E-state index in [1.807, 2.05) is 38.2 Å². The van der Waals surface area contributed by atoms with Crippen LogP contribution in [0.4, 0.5) is 0 Å². The molecule has 3 aromatic rings. The topological polar surface area (TPSA) is 164 Å². The summed E-state index contributed by atoms with van der Waals surface area (Å²) in [6.45, 7) is 84.7. The molecule has 3 heterocycles. The Hall–Kier alpha value is -2.97. The first kappa shape index (κ1) is 126. The zero-order valence-corrected chi connectivity index (χ0v) is 86.5. The van der Waals surface area contributed by atoms with Crippen LogP contribution in [0.5, 0.6) is 0 Å². The predicted octanol–water partition coefficient (Wildman–Crippen LogP) is 22.9. The minimum Gasteiger partial charge on any atom is -0.315 e. The fourth-order valence-corrected chi connectivity index (χ4v) is 13.6. The van der Waals surface area contributed by atoms with Gasteiger partial charge in [0.05, 0.1) is 0 Å². The molecular formula is C105H217N15. The van der Waals surface area contributed by atoms with Crippen molar-refractivity contribution in [3.63, 3.8) is 0 Å². The van der Waals surface area contributed by atoms with E-state index >= 15 is 0 Å². The van der Waals surface area contributed by atoms with Crippen LogP contribution in [0.25, 0.3) is 0 Å². The SMILES string of the molecule is CC.CC(C)NC(C)C.CC(C)NCC1CCCCC1.CC(C)NCC1CCCCC1.CC(C)NCC1CCCCC1.CC(C)NCC1CCCN(C)C1.CC(C)NCC1CCN(C)CC1.CC(C)NCc1ccccc1.CC(C)NCc1ccccc1.CC(C)NCc1cccnc1.CCCCNC(C)C.CCCNC(C)C.CCNC(C)C. The third-order valence-corrected chi connectivity index (χ3v) is 20.5. The molecule has 0 bridgehead atoms. The summed E-state index contributed by atoms with van der Waals surface area (Å²) in [5, 5.41) is 40.8. The molecule has 15 nitrogen and oxygen atoms in total. The van der Waals surface area contributed by atoms with Crippen LogP contribution in [0.2, 0.25) is 0 Å². The van der Waals surface area contributed by atoms with Crippen molar-refractivity contribution in [2.75, 3.05) is 92.6 Å². The number of pyridine rings is 1. The van der Waals surface area contributed by atoms with E-state index in [0.717, 1.165) is 62.3 Å². The van der Waals surface area contributed by atoms with E-state index in [-0.39, 0.29) is 0 Å². The Labute approximate surface area is 752 Å². The normalized spacial score (nSPS) is 16.0. The maximum Gasteiger partial charge on any atom is 0.0312 e. The van der Waals surface area contributed by atoms with Crippen molar-refractivity contribution in [3.05, 3.63) is 102 Å². The zero-order valence-electron chi connectivity index (χ0n) is 86.5. The number of nitrogens with zero attached hydrogens (tertiary/aromatic N) is 3. The van der Waals surface area contributed by atoms with Crippen LogP contribution in [0.3, 0.4) is 0 Å². The number of piperidine rings is 2. The molecule has 8 rings (SSSR count). The highest BCUT2D eigenvalue weighted by atomic mass is 15.1. The molecule has 5 fully saturated rings. The first-order valence-corrected chi connectivity index (χ1v) is 50.2. The van der Waals surface area contributed by atoms with Crippen molar-refractivity contribution in [1.82, 2.24) is 78.6 Å². The quantitative estimate of drug-likeness (QED) is 0.0252. The lowest BCUT2D eigenvalue weighted by Crippen LogP contribution is -2.39. The van der Waals surface area contributed by atoms with Gasteiger partial charge in [0.2, 0.25) is 0 Å². The number of unbranched alkanes of at least 4 members (excludes halogenated alkanes) is 1. The standard InChI is InChI=1S/2C10H22N2.3C10H21N.2C10H15N.C9H14N2.C7H17N.2C6H15N.C5H13N.C2H6/c1-9(2)11-8-10-4-6-12(3)7-5-10;1-9(2)11-7-10-5-4-6-12(3)8-10;5*1-9(2)11-8-10-6-4-3-5-7-10;1-8(2)11-7-9-4-3-5-10-6-9;1-4-5-6-8-7(2)3;1-5(2)7-6(3)4;1-4-5-7-6(2)3;1-4-6-5(2)3;1-2/h2*9-11H,4-8H2,1-3H3;3*9-11H,3-8H2,1-2H3;2*3-7,9,11H,8H2,1-2H3;3-6,8,11H,7H2,1-2H3;7-8H,4-6H2,1-3H3;5-7H,1-4H3;6-7H,4-5H2,1-3H3;5-6H,4H2,1-3H3;1-2H3. The molecule has 120 heavy (non-hydrogen) atoms. The Morgan fingerprint density at radius 1 is 0.292 bits per heavy atom. The van der Waals surface area contributed by atoms with Crippen molar-refractivity contribution >= 4 is 0 Å². The van der Waals surface area contributed by atoms with Gasteiger partial charge in [0.1, 0.15) is 0 Å². The Morgan fingerprint density at radius 2 is 0.592 bits per heavy atom. The summed E-state index contributed by atoms with van der Waals surface area (Å²) in [5.74, 6) is 4.73. The lowest BCUT2D eigenvalue weighted by molar-refractivity contribution is 0.204. The molecule has 15 heteroatoms. The number of aromatic nitrogens is 1. The number of hydrogen-bond acceptors (Lipinski definition) is 15. The molecule has 712 valence electrons. The van der Waals surface area contributed by atoms with Gasteiger partial charge >= 0.3 is 0 Å². The third-order valence-electron chi connectivity index (χ3n) is 20.5. The average molecular weight is 1690 g/mol. The lowest BCUT2D eigenvalue weighted by Gasteiger charge is -2.30. The predicted molar refractivity (Wildman–Crippen MR) is 544 cm³/mol. The third kappa shape index (κ3) is 102. The van der Waals surface area contributed by atoms with Gasteiger partial charge in [0, 0.05) is 117 Å². The molecule has 0 amide bonds. The minimum atomic E-state index is 0.537. The van der Waals surface area contributed by atoms with Crippen molar-refractivity contribution < 1.29 is 0 Å². The Balaban J connectivity index is -0.000000402. The summed E-state index contributed by atoms with van der Waals surface area (Å²) in [6, 6.07) is 33.1. The Bertz CT molecular complexity index is 2180. The number of benzene rings is 2. The van der Waals surface area contributed by atoms with Crippen molar-refractivity contribution in [3.8, 4) is 0 Å². The lowest BCUT2D eigenvalue weighted by atomic mass is 9.89. The van der Waals surface area contributed by atoms with Crippen LogP contribution in [0, 0.1) is 29.6 Å². The van der Waals surface area contributed by atoms with Crippen LogP contribution < -0.4 is 63.8 Å². The van der Waals surface area contributed by atoms with Crippen LogP contribution in [0.15, 0.2) is 85.2 Å². The molecule has 3 saturated carbocycles. The van der Waals surface area contributed by atoms with E-state index in [1.54, 1.807) is 6.20 Å². The number of likely N-dealkylation sites (tertiary alicyclic amines) is 2. The van der Waals surface area contributed by atoms with Crippen LogP contribution in [-0.4, -0.2) is 186 Å². The highest BCUT2D eigenvalue weighted by molar-refractivity contribution is 5.15. The first-order valence-electron chi connectivity index (χ1n) is 50.2. The highest BCUT2D eigenvalue weighted by Gasteiger charge is 2.19. The molecule has 2 aliphatic heterocycles. The van der Waals surface area contributed by atoms with E-state index in [0.29, 0.717) is 78.5 Å². The number of hydrogen-bond donors (Lipinski definition) is 12. The molecular weight excluding hydrogens is 1470 g/mol. The van der Waals surface area contributed by atoms with Gasteiger partial charge in [-0.3, -0.25) is 4.98 Å². The van der Waals surface area contributed by atoms with Gasteiger partial charge < -0.3 is 73.6 Å². The van der Waals surface area contributed by atoms with E-state index in [1.165, 1.54) is 223 Å². The summed E-state index contributed by atoms with van der Waals surface area (Å²) in [7, 11) is 4.44. The molecule has 2 aromatic carbocycles. The van der Waals surface area contributed by atoms with E-state index < -0.39 is 0 Å². The Morgan fingerprint density at radius 3 is 0.850 bits per heavy atom. The second kappa shape index (κ2) is 90.8. The maximum atomic E-state index is 4.02. The fourth-order valence-electron chi connectivity index (χ4n) is 13.6. The number of nitrogens with one attached hydrogen (secondary N) is 12. The van der Waals surface area contributed by atoms with Gasteiger partial charge in [0.15, 0.2) is 0 Å². The smallest absolute Gasteiger partial charge is 0.0312 e. The van der Waals surface area contributed by atoms with E-state index in [2.05, 4.69) is 348 Å². The second-order valence-corrected chi connectivity index (χ2v) is 38.5. The summed E-state index contributed by atoms with van der Waals surface area (Å²) in [6.07, 6.45) is 35.0. The molecule has 1 aromatic heterocycles. The molecule has 1 unspecified atom stereocenters. The van der Waals surface area contributed by atoms with Gasteiger partial charge in [-0.05, 0) is 215 Å². The first-order chi connectivity index (χ1) is 57.0. The molecule has 1 atom stereocenters. The Kier molecular flexibility index (Phi) is 95.0. The van der Waals surface area contributed by atoms with Gasteiger partial charge in [-0.1, -0.05) is 346 Å². The molecule has 12 N–H and O–H groups in total. The van der Waals surface area contributed by atoms with Crippen molar-refractivity contribution in [1.29, 1.82) is 0 Å². The van der Waals surface area contributed by atoms with Gasteiger partial charge in [-0.25, -0.2) is 0 Å². The van der Waals surface area contributed by atoms with Crippen LogP contribution >= 0.6 is 0 Å². The molecule has 0 radical (unpaired) electrons. The molecule has 3 aliphatic carbocycles. The highest BCUT2D eigenvalue weighted by Crippen LogP contribution is 2.25.